The second-order valence-electron chi connectivity index (χ2n) is 2.65. The summed E-state index contributed by atoms with van der Waals surface area (Å²) >= 11 is 1.34. The molecule has 1 N–H and O–H groups in total. The van der Waals surface area contributed by atoms with Crippen LogP contribution in [0.25, 0.3) is 0 Å². The number of aromatic amines is 1. The van der Waals surface area contributed by atoms with Crippen LogP contribution in [-0.4, -0.2) is 28.9 Å². The first-order valence-electron chi connectivity index (χ1n) is 3.67. The molecule has 2 rings (SSSR count). The largest absolute Gasteiger partial charge is 0.309 e. The van der Waals surface area contributed by atoms with Crippen molar-refractivity contribution in [2.24, 2.45) is 0 Å². The van der Waals surface area contributed by atoms with Crippen LogP contribution in [0.1, 0.15) is 0 Å². The third-order valence-corrected chi connectivity index (χ3v) is 2.86. The van der Waals surface area contributed by atoms with Crippen molar-refractivity contribution in [1.82, 2.24) is 10.2 Å². The number of H-pyrrole nitrogens is 1. The molecule has 1 aliphatic heterocycles. The minimum Gasteiger partial charge on any atom is -0.309 e. The third kappa shape index (κ3) is 1.23. The van der Waals surface area contributed by atoms with Crippen LogP contribution < -0.4 is 10.5 Å². The molecule has 5 nitrogen and oxygen atoms in total. The van der Waals surface area contributed by atoms with Crippen molar-refractivity contribution in [3.63, 3.8) is 0 Å². The van der Waals surface area contributed by atoms with Crippen molar-refractivity contribution in [3.8, 4) is 0 Å². The van der Waals surface area contributed by atoms with Crippen LogP contribution in [0.15, 0.2) is 15.9 Å². The predicted octanol–water partition coefficient (Wildman–Crippen LogP) is -0.162. The van der Waals surface area contributed by atoms with Crippen molar-refractivity contribution >= 4 is 23.4 Å². The van der Waals surface area contributed by atoms with Crippen LogP contribution in [0, 0.1) is 0 Å². The number of carbonyl (C=O) groups is 1. The van der Waals surface area contributed by atoms with E-state index in [1.54, 1.807) is 13.2 Å². The van der Waals surface area contributed by atoms with E-state index >= 15 is 0 Å². The molecular formula is C7H7N3O2S. The van der Waals surface area contributed by atoms with Crippen molar-refractivity contribution < 1.29 is 4.79 Å². The average Bonchev–Trinajstić information content (AvgIpc) is 2.12. The molecule has 0 aliphatic carbocycles. The summed E-state index contributed by atoms with van der Waals surface area (Å²) in [4.78, 5) is 24.7. The fourth-order valence-electron chi connectivity index (χ4n) is 1.16. The topological polar surface area (TPSA) is 66.1 Å². The van der Waals surface area contributed by atoms with Gasteiger partial charge in [0, 0.05) is 7.05 Å². The highest BCUT2D eigenvalue weighted by molar-refractivity contribution is 8.00. The van der Waals surface area contributed by atoms with Gasteiger partial charge in [0.25, 0.3) is 5.56 Å². The lowest BCUT2D eigenvalue weighted by molar-refractivity contribution is -0.116. The summed E-state index contributed by atoms with van der Waals surface area (Å²) < 4.78 is 0. The number of hydrogen-bond acceptors (Lipinski definition) is 4. The number of nitrogens with zero attached hydrogens (tertiary/aromatic N) is 2. The Hall–Kier alpha value is -1.30. The normalized spacial score (nSPS) is 15.8. The quantitative estimate of drug-likeness (QED) is 0.627. The van der Waals surface area contributed by atoms with Crippen LogP contribution >= 0.6 is 11.8 Å². The van der Waals surface area contributed by atoms with E-state index in [4.69, 9.17) is 0 Å². The fourth-order valence-corrected chi connectivity index (χ4v) is 2.13. The summed E-state index contributed by atoms with van der Waals surface area (Å²) in [6.45, 7) is 0. The van der Waals surface area contributed by atoms with Crippen molar-refractivity contribution in [2.45, 2.75) is 4.90 Å². The van der Waals surface area contributed by atoms with E-state index in [9.17, 15) is 9.59 Å². The molecule has 0 atom stereocenters. The maximum absolute atomic E-state index is 11.3. The molecule has 68 valence electrons. The Morgan fingerprint density at radius 1 is 1.62 bits per heavy atom. The molecule has 0 unspecified atom stereocenters. The van der Waals surface area contributed by atoms with Gasteiger partial charge in [-0.05, 0) is 0 Å². The van der Waals surface area contributed by atoms with Crippen LogP contribution in [0.5, 0.6) is 0 Å². The SMILES string of the molecule is CN1C(=O)CSc2cn[nH]c(=O)c21. The number of rotatable bonds is 0. The maximum Gasteiger partial charge on any atom is 0.289 e. The molecule has 0 radical (unpaired) electrons. The molecule has 0 saturated carbocycles. The number of nitrogens with one attached hydrogen (secondary N) is 1. The Morgan fingerprint density at radius 3 is 3.15 bits per heavy atom. The highest BCUT2D eigenvalue weighted by Crippen LogP contribution is 2.29. The maximum atomic E-state index is 11.3. The Kier molecular flexibility index (Phi) is 1.84. The van der Waals surface area contributed by atoms with E-state index < -0.39 is 0 Å². The lowest BCUT2D eigenvalue weighted by Gasteiger charge is -2.22. The molecule has 0 fully saturated rings. The molecule has 6 heteroatoms. The number of fused-ring (bicyclic) bond motifs is 1. The highest BCUT2D eigenvalue weighted by atomic mass is 32.2. The standard InChI is InChI=1S/C7H7N3O2S/c1-10-5(11)3-13-4-2-8-9-7(12)6(4)10/h2H,3H2,1H3,(H,9,12). The van der Waals surface area contributed by atoms with Crippen LogP contribution in [0.4, 0.5) is 5.69 Å². The van der Waals surface area contributed by atoms with Gasteiger partial charge < -0.3 is 4.90 Å². The van der Waals surface area contributed by atoms with Gasteiger partial charge in [-0.15, -0.1) is 11.8 Å². The molecule has 1 aromatic heterocycles. The number of anilines is 1. The zero-order valence-electron chi connectivity index (χ0n) is 6.90. The Morgan fingerprint density at radius 2 is 2.38 bits per heavy atom. The summed E-state index contributed by atoms with van der Waals surface area (Å²) in [5, 5.41) is 5.96. The van der Waals surface area contributed by atoms with E-state index in [1.165, 1.54) is 16.7 Å². The molecule has 0 aromatic carbocycles. The molecule has 1 amide bonds. The van der Waals surface area contributed by atoms with Crippen LogP contribution in [-0.2, 0) is 4.79 Å². The van der Waals surface area contributed by atoms with Gasteiger partial charge in [0.1, 0.15) is 5.69 Å². The minimum atomic E-state index is -0.319. The number of hydrogen-bond donors (Lipinski definition) is 1. The van der Waals surface area contributed by atoms with Gasteiger partial charge in [0.2, 0.25) is 5.91 Å². The summed E-state index contributed by atoms with van der Waals surface area (Å²) in [5.74, 6) is 0.309. The first-order chi connectivity index (χ1) is 6.20. The van der Waals surface area contributed by atoms with Gasteiger partial charge in [-0.2, -0.15) is 5.10 Å². The van der Waals surface area contributed by atoms with Crippen molar-refractivity contribution in [2.75, 3.05) is 17.7 Å². The van der Waals surface area contributed by atoms with Gasteiger partial charge in [-0.3, -0.25) is 9.59 Å². The molecular weight excluding hydrogens is 190 g/mol. The number of thioether (sulfide) groups is 1. The second-order valence-corrected chi connectivity index (χ2v) is 3.67. The van der Waals surface area contributed by atoms with E-state index in [2.05, 4.69) is 10.2 Å². The summed E-state index contributed by atoms with van der Waals surface area (Å²) in [6.07, 6.45) is 1.56. The zero-order chi connectivity index (χ0) is 9.42. The number of amides is 1. The first kappa shape index (κ1) is 8.31. The van der Waals surface area contributed by atoms with E-state index in [0.29, 0.717) is 11.4 Å². The zero-order valence-corrected chi connectivity index (χ0v) is 7.72. The average molecular weight is 197 g/mol. The van der Waals surface area contributed by atoms with E-state index in [-0.39, 0.29) is 11.5 Å². The van der Waals surface area contributed by atoms with Gasteiger partial charge >= 0.3 is 0 Å². The van der Waals surface area contributed by atoms with Gasteiger partial charge in [0.15, 0.2) is 0 Å². The first-order valence-corrected chi connectivity index (χ1v) is 4.66. The minimum absolute atomic E-state index is 0.0609. The summed E-state index contributed by atoms with van der Waals surface area (Å²) in [6, 6.07) is 0. The monoisotopic (exact) mass is 197 g/mol. The van der Waals surface area contributed by atoms with E-state index in [0.717, 1.165) is 4.90 Å². The molecule has 1 aromatic rings. The summed E-state index contributed by atoms with van der Waals surface area (Å²) in [7, 11) is 1.59. The smallest absolute Gasteiger partial charge is 0.289 e. The predicted molar refractivity (Wildman–Crippen MR) is 49.0 cm³/mol. The van der Waals surface area contributed by atoms with Gasteiger partial charge in [0.05, 0.1) is 16.8 Å². The molecule has 0 bridgehead atoms. The van der Waals surface area contributed by atoms with Gasteiger partial charge in [-0.1, -0.05) is 0 Å². The second kappa shape index (κ2) is 2.88. The Labute approximate surface area is 78.1 Å². The lowest BCUT2D eigenvalue weighted by Crippen LogP contribution is -2.36. The Balaban J connectivity index is 2.64. The fraction of sp³-hybridized carbons (Fsp3) is 0.286. The summed E-state index contributed by atoms with van der Waals surface area (Å²) in [5.41, 5.74) is 0.0804. The Bertz CT molecular complexity index is 414. The highest BCUT2D eigenvalue weighted by Gasteiger charge is 2.24. The lowest BCUT2D eigenvalue weighted by atomic mass is 10.4. The number of carbonyl (C=O) groups excluding carboxylic acids is 1. The van der Waals surface area contributed by atoms with Gasteiger partial charge in [-0.25, -0.2) is 5.10 Å². The van der Waals surface area contributed by atoms with Crippen molar-refractivity contribution in [3.05, 3.63) is 16.6 Å². The third-order valence-electron chi connectivity index (χ3n) is 1.86. The molecule has 1 aliphatic rings. The van der Waals surface area contributed by atoms with Crippen LogP contribution in [0.3, 0.4) is 0 Å². The van der Waals surface area contributed by atoms with Crippen molar-refractivity contribution in [1.29, 1.82) is 0 Å². The van der Waals surface area contributed by atoms with Crippen LogP contribution in [0.2, 0.25) is 0 Å². The molecule has 0 saturated heterocycles. The molecule has 13 heavy (non-hydrogen) atoms. The number of aromatic nitrogens is 2. The molecule has 2 heterocycles. The van der Waals surface area contributed by atoms with E-state index in [1.807, 2.05) is 0 Å². The molecule has 0 spiro atoms.